The van der Waals surface area contributed by atoms with E-state index >= 15 is 0 Å². The minimum absolute atomic E-state index is 0.0515. The highest BCUT2D eigenvalue weighted by Gasteiger charge is 2.36. The minimum atomic E-state index is -0.980. The van der Waals surface area contributed by atoms with Crippen LogP contribution in [0.5, 0.6) is 0 Å². The van der Waals surface area contributed by atoms with Gasteiger partial charge in [0, 0.05) is 23.0 Å². The highest BCUT2D eigenvalue weighted by Crippen LogP contribution is 2.32. The zero-order valence-electron chi connectivity index (χ0n) is 12.0. The van der Waals surface area contributed by atoms with Crippen molar-refractivity contribution in [2.75, 3.05) is 6.54 Å². The van der Waals surface area contributed by atoms with Gasteiger partial charge in [0.25, 0.3) is 5.91 Å². The van der Waals surface area contributed by atoms with Gasteiger partial charge in [-0.3, -0.25) is 4.79 Å². The number of hydrogen-bond donors (Lipinski definition) is 1. The molecule has 0 aromatic carbocycles. The monoisotopic (exact) mass is 293 g/mol. The normalized spacial score (nSPS) is 17.9. The van der Waals surface area contributed by atoms with Crippen LogP contribution >= 0.6 is 11.3 Å². The first-order valence-electron chi connectivity index (χ1n) is 6.65. The van der Waals surface area contributed by atoms with Crippen molar-refractivity contribution in [2.24, 2.45) is 0 Å². The minimum Gasteiger partial charge on any atom is -0.478 e. The van der Waals surface area contributed by atoms with Crippen LogP contribution in [-0.2, 0) is 4.79 Å². The van der Waals surface area contributed by atoms with Crippen molar-refractivity contribution in [3.63, 3.8) is 0 Å². The number of aliphatic carboxylic acids is 1. The molecule has 1 aromatic rings. The molecule has 20 heavy (non-hydrogen) atoms. The Hall–Kier alpha value is -1.62. The predicted octanol–water partition coefficient (Wildman–Crippen LogP) is 3.17. The van der Waals surface area contributed by atoms with E-state index in [0.717, 1.165) is 35.9 Å². The molecule has 1 N–H and O–H groups in total. The fourth-order valence-corrected chi connectivity index (χ4v) is 3.56. The highest BCUT2D eigenvalue weighted by atomic mass is 32.1. The van der Waals surface area contributed by atoms with Crippen LogP contribution in [0, 0.1) is 6.92 Å². The molecule has 2 heterocycles. The maximum Gasteiger partial charge on any atom is 0.328 e. The third-order valence-corrected chi connectivity index (χ3v) is 4.88. The molecule has 0 bridgehead atoms. The first-order valence-corrected chi connectivity index (χ1v) is 7.46. The Kier molecular flexibility index (Phi) is 3.99. The second-order valence-electron chi connectivity index (χ2n) is 5.70. The van der Waals surface area contributed by atoms with E-state index in [1.807, 2.05) is 17.9 Å². The van der Waals surface area contributed by atoms with E-state index in [4.69, 9.17) is 5.11 Å². The number of carboxylic acid groups (broad SMARTS) is 1. The van der Waals surface area contributed by atoms with Crippen molar-refractivity contribution >= 4 is 29.3 Å². The molecule has 1 aliphatic rings. The number of nitrogens with zero attached hydrogens (tertiary/aromatic N) is 1. The highest BCUT2D eigenvalue weighted by molar-refractivity contribution is 7.15. The van der Waals surface area contributed by atoms with E-state index in [-0.39, 0.29) is 11.4 Å². The van der Waals surface area contributed by atoms with Gasteiger partial charge in [-0.1, -0.05) is 0 Å². The Morgan fingerprint density at radius 1 is 1.45 bits per heavy atom. The summed E-state index contributed by atoms with van der Waals surface area (Å²) < 4.78 is 0. The molecule has 2 rings (SSSR count). The quantitative estimate of drug-likeness (QED) is 0.871. The van der Waals surface area contributed by atoms with E-state index < -0.39 is 5.97 Å². The van der Waals surface area contributed by atoms with Crippen molar-refractivity contribution in [1.29, 1.82) is 0 Å². The molecule has 0 aliphatic carbocycles. The molecule has 5 heteroatoms. The van der Waals surface area contributed by atoms with Crippen LogP contribution < -0.4 is 0 Å². The molecule has 0 radical (unpaired) electrons. The molecule has 0 saturated carbocycles. The number of carbonyl (C=O) groups is 2. The molecule has 0 unspecified atom stereocenters. The van der Waals surface area contributed by atoms with Gasteiger partial charge in [-0.2, -0.15) is 0 Å². The number of likely N-dealkylation sites (tertiary alicyclic amines) is 1. The van der Waals surface area contributed by atoms with Gasteiger partial charge in [0.2, 0.25) is 0 Å². The van der Waals surface area contributed by atoms with Gasteiger partial charge in [0.05, 0.1) is 4.88 Å². The number of amides is 1. The molecule has 0 spiro atoms. The van der Waals surface area contributed by atoms with Gasteiger partial charge in [0.1, 0.15) is 0 Å². The van der Waals surface area contributed by atoms with Crippen molar-refractivity contribution < 1.29 is 14.7 Å². The summed E-state index contributed by atoms with van der Waals surface area (Å²) in [5.74, 6) is -0.929. The third kappa shape index (κ3) is 2.93. The van der Waals surface area contributed by atoms with Crippen molar-refractivity contribution in [3.05, 3.63) is 27.5 Å². The molecule has 1 aliphatic heterocycles. The summed E-state index contributed by atoms with van der Waals surface area (Å²) in [6.07, 6.45) is 4.71. The average molecular weight is 293 g/mol. The van der Waals surface area contributed by atoms with Gasteiger partial charge in [-0.25, -0.2) is 4.79 Å². The lowest BCUT2D eigenvalue weighted by Gasteiger charge is -2.31. The summed E-state index contributed by atoms with van der Waals surface area (Å²) in [5.41, 5.74) is 0.847. The molecule has 108 valence electrons. The Balaban J connectivity index is 2.24. The lowest BCUT2D eigenvalue weighted by Crippen LogP contribution is -2.42. The average Bonchev–Trinajstić information content (AvgIpc) is 2.88. The Morgan fingerprint density at radius 2 is 2.15 bits per heavy atom. The summed E-state index contributed by atoms with van der Waals surface area (Å²) in [5, 5.41) is 8.67. The Morgan fingerprint density at radius 3 is 2.70 bits per heavy atom. The van der Waals surface area contributed by atoms with E-state index in [9.17, 15) is 9.59 Å². The van der Waals surface area contributed by atoms with Gasteiger partial charge >= 0.3 is 5.97 Å². The topological polar surface area (TPSA) is 57.6 Å². The molecular formula is C15H19NO3S. The van der Waals surface area contributed by atoms with E-state index in [2.05, 4.69) is 13.8 Å². The molecule has 1 saturated heterocycles. The maximum absolute atomic E-state index is 12.6. The first kappa shape index (κ1) is 14.8. The van der Waals surface area contributed by atoms with E-state index in [0.29, 0.717) is 4.88 Å². The van der Waals surface area contributed by atoms with Crippen molar-refractivity contribution in [1.82, 2.24) is 4.90 Å². The fraction of sp³-hybridized carbons (Fsp3) is 0.467. The fourth-order valence-electron chi connectivity index (χ4n) is 2.53. The zero-order chi connectivity index (χ0) is 14.9. The summed E-state index contributed by atoms with van der Waals surface area (Å²) in [6.45, 7) is 6.86. The first-order chi connectivity index (χ1) is 9.31. The smallest absolute Gasteiger partial charge is 0.328 e. The maximum atomic E-state index is 12.6. The van der Waals surface area contributed by atoms with Crippen LogP contribution in [0.25, 0.3) is 6.08 Å². The summed E-state index contributed by atoms with van der Waals surface area (Å²) >= 11 is 1.36. The van der Waals surface area contributed by atoms with E-state index in [1.165, 1.54) is 11.3 Å². The molecule has 1 amide bonds. The molecule has 4 nitrogen and oxygen atoms in total. The predicted molar refractivity (Wildman–Crippen MR) is 80.1 cm³/mol. The third-order valence-electron chi connectivity index (χ3n) is 3.69. The summed E-state index contributed by atoms with van der Waals surface area (Å²) in [4.78, 5) is 26.6. The molecule has 1 aromatic heterocycles. The second-order valence-corrected chi connectivity index (χ2v) is 6.79. The van der Waals surface area contributed by atoms with Crippen LogP contribution in [-0.4, -0.2) is 34.0 Å². The lowest BCUT2D eigenvalue weighted by atomic mass is 10.0. The number of rotatable bonds is 3. The van der Waals surface area contributed by atoms with Crippen LogP contribution in [0.4, 0.5) is 0 Å². The van der Waals surface area contributed by atoms with Crippen LogP contribution in [0.1, 0.15) is 46.8 Å². The van der Waals surface area contributed by atoms with Crippen LogP contribution in [0.15, 0.2) is 12.1 Å². The van der Waals surface area contributed by atoms with Crippen LogP contribution in [0.2, 0.25) is 0 Å². The lowest BCUT2D eigenvalue weighted by molar-refractivity contribution is -0.131. The van der Waals surface area contributed by atoms with Gasteiger partial charge < -0.3 is 10.0 Å². The number of carbonyl (C=O) groups excluding carboxylic acids is 1. The molecular weight excluding hydrogens is 274 g/mol. The van der Waals surface area contributed by atoms with E-state index in [1.54, 1.807) is 6.08 Å². The number of thiophene rings is 1. The molecule has 1 fully saturated rings. The van der Waals surface area contributed by atoms with Gasteiger partial charge in [0.15, 0.2) is 0 Å². The van der Waals surface area contributed by atoms with Crippen molar-refractivity contribution in [2.45, 2.75) is 39.2 Å². The molecule has 0 atom stereocenters. The second kappa shape index (κ2) is 5.40. The zero-order valence-corrected chi connectivity index (χ0v) is 12.8. The van der Waals surface area contributed by atoms with Crippen LogP contribution in [0.3, 0.4) is 0 Å². The van der Waals surface area contributed by atoms with Gasteiger partial charge in [-0.15, -0.1) is 11.3 Å². The standard InChI is InChI=1S/C15H19NO3S/c1-10-9-12(20-11(10)5-6-13(17)18)14(19)16-8-4-7-15(16,2)3/h5-6,9H,4,7-8H2,1-3H3,(H,17,18)/b6-5+. The van der Waals surface area contributed by atoms with Gasteiger partial charge in [-0.05, 0) is 51.3 Å². The Labute approximate surface area is 122 Å². The summed E-state index contributed by atoms with van der Waals surface area (Å²) in [7, 11) is 0. The van der Waals surface area contributed by atoms with Crippen molar-refractivity contribution in [3.8, 4) is 0 Å². The summed E-state index contributed by atoms with van der Waals surface area (Å²) in [6, 6.07) is 1.85. The SMILES string of the molecule is Cc1cc(C(=O)N2CCCC2(C)C)sc1/C=C/C(=O)O. The number of carboxylic acids is 1. The largest absolute Gasteiger partial charge is 0.478 e. The number of aryl methyl sites for hydroxylation is 1. The Bertz CT molecular complexity index is 572. The number of hydrogen-bond acceptors (Lipinski definition) is 3.